The summed E-state index contributed by atoms with van der Waals surface area (Å²) < 4.78 is 32.7. The number of furan rings is 1. The SMILES string of the molecule is Cc1ccc(C(C)NS(=O)(=O)c2cc(CN)oc2C)s1. The molecule has 0 spiro atoms. The van der Waals surface area contributed by atoms with E-state index in [9.17, 15) is 8.42 Å². The van der Waals surface area contributed by atoms with E-state index in [2.05, 4.69) is 4.72 Å². The molecule has 2 heterocycles. The van der Waals surface area contributed by atoms with E-state index in [1.807, 2.05) is 26.0 Å². The zero-order chi connectivity index (χ0) is 14.9. The van der Waals surface area contributed by atoms with Crippen molar-refractivity contribution in [2.75, 3.05) is 0 Å². The molecule has 0 saturated carbocycles. The van der Waals surface area contributed by atoms with E-state index >= 15 is 0 Å². The largest absolute Gasteiger partial charge is 0.464 e. The second-order valence-corrected chi connectivity index (χ2v) is 7.63. The molecule has 110 valence electrons. The molecule has 2 aromatic heterocycles. The van der Waals surface area contributed by atoms with Gasteiger partial charge in [0.15, 0.2) is 0 Å². The Bertz CT molecular complexity index is 701. The van der Waals surface area contributed by atoms with Crippen molar-refractivity contribution in [1.82, 2.24) is 4.72 Å². The molecule has 0 fully saturated rings. The maximum atomic E-state index is 12.4. The molecule has 1 atom stereocenters. The molecule has 7 heteroatoms. The summed E-state index contributed by atoms with van der Waals surface area (Å²) in [5, 5.41) is 0. The topological polar surface area (TPSA) is 85.3 Å². The standard InChI is InChI=1S/C13H18N2O3S2/c1-8-4-5-12(19-8)9(2)15-20(16,17)13-6-11(7-14)18-10(13)3/h4-6,9,15H,7,14H2,1-3H3. The smallest absolute Gasteiger partial charge is 0.244 e. The van der Waals surface area contributed by atoms with Gasteiger partial charge < -0.3 is 10.2 Å². The Hall–Kier alpha value is -1.15. The van der Waals surface area contributed by atoms with Gasteiger partial charge in [0.05, 0.1) is 12.6 Å². The summed E-state index contributed by atoms with van der Waals surface area (Å²) in [6, 6.07) is 5.10. The molecule has 0 radical (unpaired) electrons. The van der Waals surface area contributed by atoms with Crippen LogP contribution in [-0.2, 0) is 16.6 Å². The highest BCUT2D eigenvalue weighted by atomic mass is 32.2. The van der Waals surface area contributed by atoms with Crippen LogP contribution in [0.3, 0.4) is 0 Å². The van der Waals surface area contributed by atoms with Gasteiger partial charge in [0, 0.05) is 15.8 Å². The van der Waals surface area contributed by atoms with Gasteiger partial charge in [-0.1, -0.05) is 0 Å². The van der Waals surface area contributed by atoms with Crippen molar-refractivity contribution in [3.8, 4) is 0 Å². The van der Waals surface area contributed by atoms with Crippen molar-refractivity contribution in [3.63, 3.8) is 0 Å². The molecule has 0 bridgehead atoms. The van der Waals surface area contributed by atoms with Gasteiger partial charge in [-0.2, -0.15) is 0 Å². The second kappa shape index (κ2) is 5.69. The van der Waals surface area contributed by atoms with Crippen molar-refractivity contribution in [2.45, 2.75) is 38.3 Å². The fourth-order valence-corrected chi connectivity index (χ4v) is 4.31. The molecule has 0 amide bonds. The molecular formula is C13H18N2O3S2. The van der Waals surface area contributed by atoms with E-state index in [-0.39, 0.29) is 17.5 Å². The van der Waals surface area contributed by atoms with Gasteiger partial charge in [0.1, 0.15) is 16.4 Å². The Labute approximate surface area is 122 Å². The summed E-state index contributed by atoms with van der Waals surface area (Å²) in [6.45, 7) is 5.61. The van der Waals surface area contributed by atoms with Crippen LogP contribution in [0, 0.1) is 13.8 Å². The first kappa shape index (κ1) is 15.2. The fourth-order valence-electron chi connectivity index (χ4n) is 1.93. The van der Waals surface area contributed by atoms with Crippen LogP contribution in [0.15, 0.2) is 27.5 Å². The van der Waals surface area contributed by atoms with Gasteiger partial charge in [-0.3, -0.25) is 0 Å². The summed E-state index contributed by atoms with van der Waals surface area (Å²) in [6.07, 6.45) is 0. The number of aryl methyl sites for hydroxylation is 2. The summed E-state index contributed by atoms with van der Waals surface area (Å²) in [5.41, 5.74) is 5.46. The van der Waals surface area contributed by atoms with Crippen molar-refractivity contribution < 1.29 is 12.8 Å². The summed E-state index contributed by atoms with van der Waals surface area (Å²) >= 11 is 1.58. The van der Waals surface area contributed by atoms with Gasteiger partial charge in [0.25, 0.3) is 0 Å². The molecule has 0 aliphatic carbocycles. The van der Waals surface area contributed by atoms with Gasteiger partial charge in [-0.25, -0.2) is 13.1 Å². The van der Waals surface area contributed by atoms with Crippen molar-refractivity contribution >= 4 is 21.4 Å². The van der Waals surface area contributed by atoms with Crippen LogP contribution < -0.4 is 10.5 Å². The van der Waals surface area contributed by atoms with Crippen LogP contribution in [0.2, 0.25) is 0 Å². The maximum Gasteiger partial charge on any atom is 0.244 e. The van der Waals surface area contributed by atoms with Gasteiger partial charge in [0.2, 0.25) is 10.0 Å². The molecule has 0 saturated heterocycles. The number of nitrogens with one attached hydrogen (secondary N) is 1. The number of hydrogen-bond acceptors (Lipinski definition) is 5. The monoisotopic (exact) mass is 314 g/mol. The Morgan fingerprint density at radius 1 is 1.40 bits per heavy atom. The minimum atomic E-state index is -3.61. The van der Waals surface area contributed by atoms with E-state index in [0.717, 1.165) is 9.75 Å². The predicted molar refractivity (Wildman–Crippen MR) is 79.1 cm³/mol. The van der Waals surface area contributed by atoms with E-state index in [1.165, 1.54) is 6.07 Å². The van der Waals surface area contributed by atoms with Crippen LogP contribution in [0.4, 0.5) is 0 Å². The van der Waals surface area contributed by atoms with Crippen LogP contribution >= 0.6 is 11.3 Å². The zero-order valence-corrected chi connectivity index (χ0v) is 13.3. The first-order chi connectivity index (χ1) is 9.33. The number of thiophene rings is 1. The highest BCUT2D eigenvalue weighted by Gasteiger charge is 2.24. The van der Waals surface area contributed by atoms with Crippen LogP contribution in [-0.4, -0.2) is 8.42 Å². The molecule has 0 aromatic carbocycles. The maximum absolute atomic E-state index is 12.4. The second-order valence-electron chi connectivity index (χ2n) is 4.63. The minimum Gasteiger partial charge on any atom is -0.464 e. The first-order valence-electron chi connectivity index (χ1n) is 6.21. The fraction of sp³-hybridized carbons (Fsp3) is 0.385. The zero-order valence-electron chi connectivity index (χ0n) is 11.6. The molecule has 20 heavy (non-hydrogen) atoms. The third-order valence-electron chi connectivity index (χ3n) is 2.93. The van der Waals surface area contributed by atoms with Gasteiger partial charge >= 0.3 is 0 Å². The molecule has 2 rings (SSSR count). The Morgan fingerprint density at radius 2 is 2.10 bits per heavy atom. The van der Waals surface area contributed by atoms with E-state index in [1.54, 1.807) is 18.3 Å². The molecular weight excluding hydrogens is 296 g/mol. The predicted octanol–water partition coefficient (Wildman–Crippen LogP) is 2.46. The minimum absolute atomic E-state index is 0.151. The Balaban J connectivity index is 2.24. The van der Waals surface area contributed by atoms with Gasteiger partial charge in [-0.05, 0) is 32.9 Å². The first-order valence-corrected chi connectivity index (χ1v) is 8.51. The lowest BCUT2D eigenvalue weighted by atomic mass is 10.3. The molecule has 0 aliphatic heterocycles. The molecule has 3 N–H and O–H groups in total. The van der Waals surface area contributed by atoms with Crippen LogP contribution in [0.1, 0.15) is 34.2 Å². The van der Waals surface area contributed by atoms with Crippen molar-refractivity contribution in [2.24, 2.45) is 5.73 Å². The summed E-state index contributed by atoms with van der Waals surface area (Å²) in [4.78, 5) is 2.28. The number of nitrogens with two attached hydrogens (primary N) is 1. The van der Waals surface area contributed by atoms with Gasteiger partial charge in [-0.15, -0.1) is 11.3 Å². The molecule has 5 nitrogen and oxygen atoms in total. The molecule has 0 aliphatic rings. The average Bonchev–Trinajstić information content (AvgIpc) is 2.95. The van der Waals surface area contributed by atoms with Crippen LogP contribution in [0.5, 0.6) is 0 Å². The highest BCUT2D eigenvalue weighted by molar-refractivity contribution is 7.89. The summed E-state index contributed by atoms with van der Waals surface area (Å²) in [5.74, 6) is 0.815. The van der Waals surface area contributed by atoms with Crippen molar-refractivity contribution in [3.05, 3.63) is 39.5 Å². The van der Waals surface area contributed by atoms with Crippen molar-refractivity contribution in [1.29, 1.82) is 0 Å². The normalized spacial score (nSPS) is 13.6. The van der Waals surface area contributed by atoms with E-state index < -0.39 is 10.0 Å². The molecule has 2 aromatic rings. The lowest BCUT2D eigenvalue weighted by molar-refractivity contribution is 0.478. The third kappa shape index (κ3) is 3.12. The lowest BCUT2D eigenvalue weighted by Crippen LogP contribution is -2.26. The van der Waals surface area contributed by atoms with E-state index in [0.29, 0.717) is 11.5 Å². The quantitative estimate of drug-likeness (QED) is 0.887. The number of sulfonamides is 1. The third-order valence-corrected chi connectivity index (χ3v) is 5.77. The Morgan fingerprint density at radius 3 is 2.60 bits per heavy atom. The number of hydrogen-bond donors (Lipinski definition) is 2. The summed E-state index contributed by atoms with van der Waals surface area (Å²) in [7, 11) is -3.61. The average molecular weight is 314 g/mol. The molecule has 1 unspecified atom stereocenters. The highest BCUT2D eigenvalue weighted by Crippen LogP contribution is 2.26. The Kier molecular flexibility index (Phi) is 4.33. The van der Waals surface area contributed by atoms with E-state index in [4.69, 9.17) is 10.2 Å². The lowest BCUT2D eigenvalue weighted by Gasteiger charge is -2.12. The number of rotatable bonds is 5. The van der Waals surface area contributed by atoms with Crippen LogP contribution in [0.25, 0.3) is 0 Å².